The molecular formula is C26H30NO3+. The molecule has 1 aliphatic rings. The van der Waals surface area contributed by atoms with Gasteiger partial charge in [-0.25, -0.2) is 0 Å². The Hall–Kier alpha value is -2.98. The van der Waals surface area contributed by atoms with E-state index in [-0.39, 0.29) is 6.04 Å². The molecule has 0 radical (unpaired) electrons. The molecule has 4 rings (SSSR count). The highest BCUT2D eigenvalue weighted by molar-refractivity contribution is 5.49. The first-order valence-corrected chi connectivity index (χ1v) is 10.4. The Morgan fingerprint density at radius 2 is 1.57 bits per heavy atom. The summed E-state index contributed by atoms with van der Waals surface area (Å²) in [5.41, 5.74) is 5.22. The highest BCUT2D eigenvalue weighted by Crippen LogP contribution is 2.43. The van der Waals surface area contributed by atoms with E-state index in [4.69, 9.17) is 9.47 Å². The van der Waals surface area contributed by atoms with Crippen LogP contribution in [0.3, 0.4) is 0 Å². The predicted octanol–water partition coefficient (Wildman–Crippen LogP) is 4.90. The first kappa shape index (κ1) is 20.3. The first-order valence-electron chi connectivity index (χ1n) is 10.4. The molecule has 0 saturated carbocycles. The van der Waals surface area contributed by atoms with Crippen LogP contribution in [-0.4, -0.2) is 37.4 Å². The second kappa shape index (κ2) is 8.41. The molecular weight excluding hydrogens is 374 g/mol. The topological polar surface area (TPSA) is 38.7 Å². The fraction of sp³-hybridized carbons (Fsp3) is 0.308. The molecule has 0 aliphatic carbocycles. The number of nitrogens with zero attached hydrogens (tertiary/aromatic N) is 1. The number of hydrogen-bond acceptors (Lipinski definition) is 3. The quantitative estimate of drug-likeness (QED) is 0.594. The van der Waals surface area contributed by atoms with E-state index >= 15 is 0 Å². The summed E-state index contributed by atoms with van der Waals surface area (Å²) in [6, 6.07) is 22.9. The van der Waals surface area contributed by atoms with Crippen molar-refractivity contribution in [3.8, 4) is 17.2 Å². The first-order chi connectivity index (χ1) is 14.5. The summed E-state index contributed by atoms with van der Waals surface area (Å²) in [5.74, 6) is 1.87. The zero-order valence-electron chi connectivity index (χ0n) is 18.0. The number of methoxy groups -OCH3 is 2. The molecule has 1 heterocycles. The number of phenols is 1. The van der Waals surface area contributed by atoms with Crippen LogP contribution in [0.5, 0.6) is 17.2 Å². The van der Waals surface area contributed by atoms with Crippen molar-refractivity contribution in [3.63, 3.8) is 0 Å². The normalized spacial score (nSPS) is 20.4. The van der Waals surface area contributed by atoms with Gasteiger partial charge < -0.3 is 19.1 Å². The van der Waals surface area contributed by atoms with Crippen molar-refractivity contribution in [1.82, 2.24) is 0 Å². The van der Waals surface area contributed by atoms with Crippen molar-refractivity contribution in [2.24, 2.45) is 0 Å². The summed E-state index contributed by atoms with van der Waals surface area (Å²) in [6.07, 6.45) is 1.90. The molecule has 2 atom stereocenters. The maximum Gasteiger partial charge on any atom is 0.161 e. The third-order valence-corrected chi connectivity index (χ3v) is 6.40. The molecule has 4 heteroatoms. The van der Waals surface area contributed by atoms with Gasteiger partial charge in [0.25, 0.3) is 0 Å². The van der Waals surface area contributed by atoms with Gasteiger partial charge in [0, 0.05) is 24.0 Å². The standard InChI is InChI=1S/C26H29NO3/c1-27(18-20-7-5-4-6-8-20)14-13-21-16-25(29-2)26(30-3)17-23(21)24(27)15-19-9-11-22(28)12-10-19/h4-12,16-17,24H,13-15,18H2,1-3H3/p+1. The smallest absolute Gasteiger partial charge is 0.161 e. The summed E-state index contributed by atoms with van der Waals surface area (Å²) in [6.45, 7) is 2.03. The lowest BCUT2D eigenvalue weighted by molar-refractivity contribution is -0.954. The Morgan fingerprint density at radius 3 is 2.23 bits per heavy atom. The zero-order chi connectivity index (χ0) is 21.1. The summed E-state index contributed by atoms with van der Waals surface area (Å²) in [4.78, 5) is 0. The fourth-order valence-corrected chi connectivity index (χ4v) is 4.71. The van der Waals surface area contributed by atoms with Crippen LogP contribution in [0.25, 0.3) is 0 Å². The van der Waals surface area contributed by atoms with Crippen LogP contribution in [0.15, 0.2) is 66.7 Å². The van der Waals surface area contributed by atoms with Crippen molar-refractivity contribution in [2.75, 3.05) is 27.8 Å². The van der Waals surface area contributed by atoms with Crippen LogP contribution in [0.2, 0.25) is 0 Å². The van der Waals surface area contributed by atoms with E-state index in [1.807, 2.05) is 12.1 Å². The minimum atomic E-state index is 0.276. The molecule has 2 unspecified atom stereocenters. The van der Waals surface area contributed by atoms with Crippen molar-refractivity contribution >= 4 is 0 Å². The minimum Gasteiger partial charge on any atom is -0.508 e. The largest absolute Gasteiger partial charge is 0.508 e. The Labute approximate surface area is 178 Å². The molecule has 3 aromatic rings. The lowest BCUT2D eigenvalue weighted by Gasteiger charge is -2.46. The summed E-state index contributed by atoms with van der Waals surface area (Å²) in [5, 5.41) is 9.71. The van der Waals surface area contributed by atoms with Crippen LogP contribution in [0.1, 0.15) is 28.3 Å². The zero-order valence-corrected chi connectivity index (χ0v) is 18.0. The average molecular weight is 405 g/mol. The number of likely N-dealkylation sites (N-methyl/N-ethyl adjacent to an activating group) is 1. The van der Waals surface area contributed by atoms with Gasteiger partial charge in [0.1, 0.15) is 18.3 Å². The van der Waals surface area contributed by atoms with Crippen LogP contribution >= 0.6 is 0 Å². The number of ether oxygens (including phenoxy) is 2. The van der Waals surface area contributed by atoms with Crippen LogP contribution in [-0.2, 0) is 19.4 Å². The monoisotopic (exact) mass is 404 g/mol. The van der Waals surface area contributed by atoms with Gasteiger partial charge in [0.2, 0.25) is 0 Å². The fourth-order valence-electron chi connectivity index (χ4n) is 4.71. The number of fused-ring (bicyclic) bond motifs is 1. The molecule has 0 aromatic heterocycles. The van der Waals surface area contributed by atoms with Gasteiger partial charge in [-0.1, -0.05) is 42.5 Å². The number of phenolic OH excluding ortho intramolecular Hbond substituents is 1. The molecule has 0 bridgehead atoms. The van der Waals surface area contributed by atoms with E-state index < -0.39 is 0 Å². The Bertz CT molecular complexity index is 1000. The summed E-state index contributed by atoms with van der Waals surface area (Å²) in [7, 11) is 5.74. The molecule has 0 saturated heterocycles. The maximum absolute atomic E-state index is 9.71. The predicted molar refractivity (Wildman–Crippen MR) is 119 cm³/mol. The number of aromatic hydroxyl groups is 1. The SMILES string of the molecule is COc1cc2c(cc1OC)C(Cc1ccc(O)cc1)[N+](C)(Cc1ccccc1)CC2. The van der Waals surface area contributed by atoms with E-state index in [0.717, 1.165) is 41.9 Å². The second-order valence-electron chi connectivity index (χ2n) is 8.39. The molecule has 4 nitrogen and oxygen atoms in total. The Kier molecular flexibility index (Phi) is 5.69. The number of hydrogen-bond donors (Lipinski definition) is 1. The second-order valence-corrected chi connectivity index (χ2v) is 8.39. The van der Waals surface area contributed by atoms with Crippen LogP contribution in [0, 0.1) is 0 Å². The van der Waals surface area contributed by atoms with Gasteiger partial charge in [0.05, 0.1) is 27.8 Å². The number of rotatable bonds is 6. The third-order valence-electron chi connectivity index (χ3n) is 6.40. The van der Waals surface area contributed by atoms with E-state index in [1.54, 1.807) is 26.4 Å². The number of quaternary nitrogens is 1. The van der Waals surface area contributed by atoms with Gasteiger partial charge in [0.15, 0.2) is 11.5 Å². The lowest BCUT2D eigenvalue weighted by atomic mass is 9.86. The van der Waals surface area contributed by atoms with E-state index in [2.05, 4.69) is 49.5 Å². The van der Waals surface area contributed by atoms with Gasteiger partial charge in [-0.2, -0.15) is 0 Å². The van der Waals surface area contributed by atoms with Crippen molar-refractivity contribution in [1.29, 1.82) is 0 Å². The molecule has 0 spiro atoms. The third kappa shape index (κ3) is 4.01. The summed E-state index contributed by atoms with van der Waals surface area (Å²) >= 11 is 0. The van der Waals surface area contributed by atoms with E-state index in [1.165, 1.54) is 22.3 Å². The van der Waals surface area contributed by atoms with Crippen molar-refractivity contribution in [2.45, 2.75) is 25.4 Å². The van der Waals surface area contributed by atoms with Crippen LogP contribution < -0.4 is 9.47 Å². The molecule has 0 fully saturated rings. The highest BCUT2D eigenvalue weighted by atomic mass is 16.5. The highest BCUT2D eigenvalue weighted by Gasteiger charge is 2.40. The van der Waals surface area contributed by atoms with E-state index in [9.17, 15) is 5.11 Å². The van der Waals surface area contributed by atoms with Gasteiger partial charge in [-0.3, -0.25) is 0 Å². The molecule has 0 amide bonds. The van der Waals surface area contributed by atoms with Crippen molar-refractivity contribution < 1.29 is 19.1 Å². The Balaban J connectivity index is 1.78. The molecule has 3 aromatic carbocycles. The van der Waals surface area contributed by atoms with Gasteiger partial charge in [-0.05, 0) is 35.4 Å². The molecule has 156 valence electrons. The van der Waals surface area contributed by atoms with Crippen LogP contribution in [0.4, 0.5) is 0 Å². The molecule has 1 aliphatic heterocycles. The summed E-state index contributed by atoms with van der Waals surface area (Å²) < 4.78 is 12.1. The number of benzene rings is 3. The van der Waals surface area contributed by atoms with Crippen molar-refractivity contribution in [3.05, 3.63) is 89.0 Å². The van der Waals surface area contributed by atoms with E-state index in [0.29, 0.717) is 5.75 Å². The minimum absolute atomic E-state index is 0.276. The van der Waals surface area contributed by atoms with Gasteiger partial charge >= 0.3 is 0 Å². The molecule has 1 N–H and O–H groups in total. The maximum atomic E-state index is 9.71. The Morgan fingerprint density at radius 1 is 0.900 bits per heavy atom. The van der Waals surface area contributed by atoms with Gasteiger partial charge in [-0.15, -0.1) is 0 Å². The molecule has 30 heavy (non-hydrogen) atoms. The average Bonchev–Trinajstić information content (AvgIpc) is 2.77. The lowest BCUT2D eigenvalue weighted by Crippen LogP contribution is -2.51.